The zero-order chi connectivity index (χ0) is 20.3. The molecule has 3 aromatic rings. The van der Waals surface area contributed by atoms with Crippen molar-refractivity contribution in [1.29, 1.82) is 5.26 Å². The molecule has 0 aliphatic rings. The number of anilines is 1. The summed E-state index contributed by atoms with van der Waals surface area (Å²) in [5.41, 5.74) is 7.01. The van der Waals surface area contributed by atoms with Gasteiger partial charge in [0, 0.05) is 22.8 Å². The number of benzene rings is 2. The Morgan fingerprint density at radius 2 is 1.71 bits per heavy atom. The van der Waals surface area contributed by atoms with E-state index in [1.54, 1.807) is 6.08 Å². The summed E-state index contributed by atoms with van der Waals surface area (Å²) in [6, 6.07) is 19.7. The number of aryl methyl sites for hydroxylation is 3. The van der Waals surface area contributed by atoms with Crippen molar-refractivity contribution in [2.75, 3.05) is 5.32 Å². The zero-order valence-corrected chi connectivity index (χ0v) is 16.6. The van der Waals surface area contributed by atoms with Gasteiger partial charge < -0.3 is 9.88 Å². The summed E-state index contributed by atoms with van der Waals surface area (Å²) in [4.78, 5) is 12.6. The maximum absolute atomic E-state index is 12.6. The molecule has 0 aliphatic heterocycles. The highest BCUT2D eigenvalue weighted by molar-refractivity contribution is 6.09. The number of aromatic nitrogens is 1. The van der Waals surface area contributed by atoms with E-state index in [9.17, 15) is 10.1 Å². The van der Waals surface area contributed by atoms with Crippen LogP contribution in [0.5, 0.6) is 0 Å². The highest BCUT2D eigenvalue weighted by atomic mass is 16.1. The molecule has 0 bridgehead atoms. The Hall–Kier alpha value is -3.58. The fourth-order valence-corrected chi connectivity index (χ4v) is 3.26. The van der Waals surface area contributed by atoms with Crippen molar-refractivity contribution < 1.29 is 4.79 Å². The van der Waals surface area contributed by atoms with Crippen LogP contribution in [0.2, 0.25) is 0 Å². The fourth-order valence-electron chi connectivity index (χ4n) is 3.26. The van der Waals surface area contributed by atoms with Gasteiger partial charge in [-0.25, -0.2) is 0 Å². The lowest BCUT2D eigenvalue weighted by molar-refractivity contribution is -0.112. The van der Waals surface area contributed by atoms with E-state index in [0.717, 1.165) is 33.8 Å². The lowest BCUT2D eigenvalue weighted by Crippen LogP contribution is -2.13. The minimum Gasteiger partial charge on any atom is -0.321 e. The Balaban J connectivity index is 1.94. The van der Waals surface area contributed by atoms with Gasteiger partial charge in [0.25, 0.3) is 5.91 Å². The topological polar surface area (TPSA) is 57.8 Å². The van der Waals surface area contributed by atoms with Crippen LogP contribution in [0.1, 0.15) is 28.1 Å². The van der Waals surface area contributed by atoms with Gasteiger partial charge in [0.1, 0.15) is 11.6 Å². The van der Waals surface area contributed by atoms with Crippen LogP contribution in [0.3, 0.4) is 0 Å². The van der Waals surface area contributed by atoms with E-state index in [2.05, 4.69) is 28.9 Å². The second kappa shape index (κ2) is 7.98. The molecule has 1 aromatic heterocycles. The first kappa shape index (κ1) is 19.2. The van der Waals surface area contributed by atoms with Gasteiger partial charge >= 0.3 is 0 Å². The summed E-state index contributed by atoms with van der Waals surface area (Å²) in [7, 11) is 0. The van der Waals surface area contributed by atoms with E-state index in [-0.39, 0.29) is 5.57 Å². The maximum atomic E-state index is 12.6. The second-order valence-corrected chi connectivity index (χ2v) is 6.94. The van der Waals surface area contributed by atoms with Gasteiger partial charge in [0.05, 0.1) is 0 Å². The lowest BCUT2D eigenvalue weighted by Gasteiger charge is -2.12. The summed E-state index contributed by atoms with van der Waals surface area (Å²) in [5, 5.41) is 12.3. The third kappa shape index (κ3) is 3.89. The van der Waals surface area contributed by atoms with Crippen LogP contribution in [0, 0.1) is 39.0 Å². The largest absolute Gasteiger partial charge is 0.321 e. The zero-order valence-electron chi connectivity index (χ0n) is 16.6. The molecule has 2 aromatic carbocycles. The number of hydrogen-bond donors (Lipinski definition) is 1. The maximum Gasteiger partial charge on any atom is 0.266 e. The second-order valence-electron chi connectivity index (χ2n) is 6.94. The predicted molar refractivity (Wildman–Crippen MR) is 113 cm³/mol. The van der Waals surface area contributed by atoms with E-state index in [4.69, 9.17) is 0 Å². The number of carbonyl (C=O) groups is 1. The average molecular weight is 369 g/mol. The Kier molecular flexibility index (Phi) is 5.47. The average Bonchev–Trinajstić information content (AvgIpc) is 2.95. The molecule has 3 rings (SSSR count). The molecule has 140 valence electrons. The number of nitriles is 1. The summed E-state index contributed by atoms with van der Waals surface area (Å²) in [5.74, 6) is -0.410. The van der Waals surface area contributed by atoms with Crippen molar-refractivity contribution in [1.82, 2.24) is 4.57 Å². The monoisotopic (exact) mass is 369 g/mol. The first-order valence-electron chi connectivity index (χ1n) is 9.15. The molecule has 0 saturated heterocycles. The molecule has 4 nitrogen and oxygen atoms in total. The van der Waals surface area contributed by atoms with Crippen molar-refractivity contribution in [3.8, 4) is 11.8 Å². The van der Waals surface area contributed by atoms with Crippen molar-refractivity contribution in [2.45, 2.75) is 27.7 Å². The van der Waals surface area contributed by atoms with Gasteiger partial charge in [0.15, 0.2) is 0 Å². The van der Waals surface area contributed by atoms with Crippen LogP contribution < -0.4 is 5.32 Å². The molecule has 0 fully saturated rings. The van der Waals surface area contributed by atoms with E-state index in [1.807, 2.05) is 69.3 Å². The first-order valence-corrected chi connectivity index (χ1v) is 9.15. The highest BCUT2D eigenvalue weighted by Crippen LogP contribution is 2.25. The van der Waals surface area contributed by atoms with Crippen molar-refractivity contribution in [3.63, 3.8) is 0 Å². The fraction of sp³-hybridized carbons (Fsp3) is 0.167. The molecule has 28 heavy (non-hydrogen) atoms. The van der Waals surface area contributed by atoms with Crippen LogP contribution >= 0.6 is 0 Å². The molecule has 0 unspecified atom stereocenters. The number of carbonyl (C=O) groups excluding carboxylic acids is 1. The van der Waals surface area contributed by atoms with Gasteiger partial charge in [-0.05, 0) is 69.2 Å². The third-order valence-electron chi connectivity index (χ3n) is 4.80. The van der Waals surface area contributed by atoms with Crippen LogP contribution in [0.25, 0.3) is 11.8 Å². The molecule has 0 spiro atoms. The Morgan fingerprint density at radius 1 is 1.04 bits per heavy atom. The summed E-state index contributed by atoms with van der Waals surface area (Å²) in [6.07, 6.45) is 1.65. The van der Waals surface area contributed by atoms with Gasteiger partial charge in [-0.1, -0.05) is 35.9 Å². The molecule has 0 radical (unpaired) electrons. The molecular formula is C24H23N3O. The van der Waals surface area contributed by atoms with Crippen molar-refractivity contribution in [3.05, 3.63) is 88.2 Å². The quantitative estimate of drug-likeness (QED) is 0.504. The lowest BCUT2D eigenvalue weighted by atomic mass is 10.1. The van der Waals surface area contributed by atoms with E-state index in [1.165, 1.54) is 0 Å². The first-order chi connectivity index (χ1) is 13.4. The molecule has 0 atom stereocenters. The Morgan fingerprint density at radius 3 is 2.36 bits per heavy atom. The normalized spacial score (nSPS) is 11.2. The number of rotatable bonds is 4. The van der Waals surface area contributed by atoms with E-state index < -0.39 is 5.91 Å². The predicted octanol–water partition coefficient (Wildman–Crippen LogP) is 5.26. The van der Waals surface area contributed by atoms with Crippen molar-refractivity contribution in [2.24, 2.45) is 0 Å². The number of nitrogens with one attached hydrogen (secondary N) is 1. The van der Waals surface area contributed by atoms with Crippen LogP contribution in [-0.4, -0.2) is 10.5 Å². The summed E-state index contributed by atoms with van der Waals surface area (Å²) < 4.78 is 2.15. The number of nitrogens with zero attached hydrogens (tertiary/aromatic N) is 2. The van der Waals surface area contributed by atoms with E-state index in [0.29, 0.717) is 5.69 Å². The van der Waals surface area contributed by atoms with Gasteiger partial charge in [-0.15, -0.1) is 0 Å². The summed E-state index contributed by atoms with van der Waals surface area (Å²) in [6.45, 7) is 8.07. The van der Waals surface area contributed by atoms with Crippen LogP contribution in [-0.2, 0) is 4.79 Å². The molecule has 1 N–H and O–H groups in total. The number of para-hydroxylation sites is 1. The number of amides is 1. The van der Waals surface area contributed by atoms with Crippen molar-refractivity contribution >= 4 is 17.7 Å². The molecular weight excluding hydrogens is 346 g/mol. The van der Waals surface area contributed by atoms with Crippen LogP contribution in [0.15, 0.2) is 60.2 Å². The van der Waals surface area contributed by atoms with Gasteiger partial charge in [0.2, 0.25) is 0 Å². The smallest absolute Gasteiger partial charge is 0.266 e. The summed E-state index contributed by atoms with van der Waals surface area (Å²) >= 11 is 0. The third-order valence-corrected chi connectivity index (χ3v) is 4.80. The van der Waals surface area contributed by atoms with E-state index >= 15 is 0 Å². The van der Waals surface area contributed by atoms with Crippen LogP contribution in [0.4, 0.5) is 5.69 Å². The Bertz CT molecular complexity index is 1100. The van der Waals surface area contributed by atoms with Gasteiger partial charge in [-0.3, -0.25) is 4.79 Å². The number of hydrogen-bond acceptors (Lipinski definition) is 2. The molecule has 0 saturated carbocycles. The molecule has 0 aliphatic carbocycles. The Labute approximate surface area is 165 Å². The minimum atomic E-state index is -0.410. The van der Waals surface area contributed by atoms with Gasteiger partial charge in [-0.2, -0.15) is 5.26 Å². The standard InChI is InChI=1S/C24H23N3O/c1-16-9-11-22(12-10-16)26-24(28)21(15-25)14-20-13-18(3)27(19(20)4)23-8-6-5-7-17(23)2/h5-14H,1-4H3,(H,26,28)/b21-14-. The highest BCUT2D eigenvalue weighted by Gasteiger charge is 2.14. The molecule has 1 amide bonds. The minimum absolute atomic E-state index is 0.0746. The SMILES string of the molecule is Cc1ccc(NC(=O)/C(C#N)=C\c2cc(C)n(-c3ccccc3C)c2C)cc1. The molecule has 4 heteroatoms. The molecule has 1 heterocycles.